The molecule has 0 heterocycles. The van der Waals surface area contributed by atoms with E-state index < -0.39 is 123 Å². The molecule has 4 aromatic rings. The molecule has 64 heavy (non-hydrogen) atoms. The molecule has 0 aliphatic carbocycles. The van der Waals surface area contributed by atoms with Crippen molar-refractivity contribution < 1.29 is 85.8 Å². The van der Waals surface area contributed by atoms with Crippen LogP contribution in [-0.4, -0.2) is 53.3 Å². The Bertz CT molecular complexity index is 2430. The monoisotopic (exact) mass is 952 g/mol. The molecule has 348 valence electrons. The first-order valence-corrected chi connectivity index (χ1v) is 21.3. The molecule has 0 spiro atoms. The third-order valence-electron chi connectivity index (χ3n) is 8.17. The molecule has 0 saturated heterocycles. The van der Waals surface area contributed by atoms with E-state index in [0.29, 0.717) is 0 Å². The fraction of sp³-hybridized carbons (Fsp3) is 0.372. The molecule has 21 heteroatoms. The topological polar surface area (TPSA) is 145 Å². The SMILES string of the molecule is CC(C)(C)OC(=O)C(Oc1ccccc1-c1ccc([S+](c2ccccc2)c2c(C(F)(F)F)cc(C(F)(F)F)c(S(=O)(=O)[O-])c2C(F)(F)F)cc1)(C(=O)OC(C)(C)C)C(=O)OC(C)(C)C. The zero-order chi connectivity index (χ0) is 48.8. The van der Waals surface area contributed by atoms with Gasteiger partial charge in [0.05, 0.1) is 10.5 Å². The quantitative estimate of drug-likeness (QED) is 0.0376. The fourth-order valence-corrected chi connectivity index (χ4v) is 9.26. The van der Waals surface area contributed by atoms with Crippen molar-refractivity contribution in [2.24, 2.45) is 0 Å². The van der Waals surface area contributed by atoms with E-state index in [1.807, 2.05) is 0 Å². The van der Waals surface area contributed by atoms with Gasteiger partial charge in [0.2, 0.25) is 0 Å². The summed E-state index contributed by atoms with van der Waals surface area (Å²) in [5.74, 6) is -5.08. The van der Waals surface area contributed by atoms with E-state index >= 15 is 13.2 Å². The Kier molecular flexibility index (Phi) is 14.1. The molecule has 0 amide bonds. The summed E-state index contributed by atoms with van der Waals surface area (Å²) in [5, 5.41) is 0. The van der Waals surface area contributed by atoms with E-state index in [0.717, 1.165) is 36.4 Å². The van der Waals surface area contributed by atoms with Gasteiger partial charge in [0.1, 0.15) is 54.7 Å². The number of esters is 3. The Morgan fingerprint density at radius 2 is 0.953 bits per heavy atom. The highest BCUT2D eigenvalue weighted by atomic mass is 32.2. The van der Waals surface area contributed by atoms with Crippen LogP contribution in [0.1, 0.15) is 79.0 Å². The molecule has 10 nitrogen and oxygen atoms in total. The van der Waals surface area contributed by atoms with Gasteiger partial charge < -0.3 is 23.5 Å². The van der Waals surface area contributed by atoms with Gasteiger partial charge in [-0.1, -0.05) is 36.4 Å². The lowest BCUT2D eigenvalue weighted by molar-refractivity contribution is -0.205. The molecule has 0 saturated carbocycles. The Morgan fingerprint density at radius 1 is 0.547 bits per heavy atom. The number of carbonyl (C=O) groups is 3. The van der Waals surface area contributed by atoms with Crippen molar-refractivity contribution in [2.45, 2.75) is 123 Å². The van der Waals surface area contributed by atoms with E-state index in [4.69, 9.17) is 18.9 Å². The van der Waals surface area contributed by atoms with Gasteiger partial charge in [-0.3, -0.25) is 0 Å². The molecular weight excluding hydrogens is 912 g/mol. The first kappa shape index (κ1) is 51.4. The first-order chi connectivity index (χ1) is 28.9. The Hall–Kier alpha value is -5.28. The number of benzene rings is 4. The second-order valence-electron chi connectivity index (χ2n) is 16.9. The summed E-state index contributed by atoms with van der Waals surface area (Å²) in [6.07, 6.45) is -18.5. The van der Waals surface area contributed by atoms with Crippen LogP contribution in [0.15, 0.2) is 105 Å². The van der Waals surface area contributed by atoms with Crippen molar-refractivity contribution in [3.63, 3.8) is 0 Å². The van der Waals surface area contributed by atoms with Crippen molar-refractivity contribution in [3.05, 3.63) is 102 Å². The van der Waals surface area contributed by atoms with Crippen molar-refractivity contribution in [2.75, 3.05) is 0 Å². The standard InChI is InChI=1S/C43H41F9O10S2/c1-37(2,3)60-34(53)40(35(54)61-38(4,5)6,36(55)62-39(7,8)9)59-30-18-14-13-17-27(30)24-19-21-26(22-20-24)63(25-15-11-10-12-16-25)32-28(41(44,45)46)23-29(42(47,48)49)33(64(56,57)58)31(32)43(50,51)52/h10-23H,1-9H3. The average Bonchev–Trinajstić information content (AvgIpc) is 3.10. The molecule has 0 fully saturated rings. The minimum atomic E-state index is -6.79. The highest BCUT2D eigenvalue weighted by molar-refractivity contribution is 7.97. The average molecular weight is 953 g/mol. The third-order valence-corrected chi connectivity index (χ3v) is 11.4. The van der Waals surface area contributed by atoms with Gasteiger partial charge in [-0.15, -0.1) is 0 Å². The van der Waals surface area contributed by atoms with Crippen molar-refractivity contribution in [1.29, 1.82) is 0 Å². The van der Waals surface area contributed by atoms with Gasteiger partial charge in [0.25, 0.3) is 0 Å². The van der Waals surface area contributed by atoms with Crippen LogP contribution < -0.4 is 4.74 Å². The lowest BCUT2D eigenvalue weighted by Crippen LogP contribution is -2.63. The maximum atomic E-state index is 15.0. The van der Waals surface area contributed by atoms with Gasteiger partial charge in [0.15, 0.2) is 14.7 Å². The number of hydrogen-bond donors (Lipinski definition) is 0. The van der Waals surface area contributed by atoms with Crippen LogP contribution in [-0.2, 0) is 68.1 Å². The number of para-hydroxylation sites is 1. The van der Waals surface area contributed by atoms with Crippen LogP contribution in [0.2, 0.25) is 0 Å². The Balaban J connectivity index is 2.08. The number of carbonyl (C=O) groups excluding carboxylic acids is 3. The van der Waals surface area contributed by atoms with Crippen LogP contribution in [0.3, 0.4) is 0 Å². The van der Waals surface area contributed by atoms with E-state index in [9.17, 15) is 53.7 Å². The fourth-order valence-electron chi connectivity index (χ4n) is 5.88. The van der Waals surface area contributed by atoms with E-state index in [-0.39, 0.29) is 16.0 Å². The van der Waals surface area contributed by atoms with Gasteiger partial charge in [-0.05, 0) is 116 Å². The molecular formula is C43H41F9O10S2. The molecule has 4 aromatic carbocycles. The maximum Gasteiger partial charge on any atom is 0.422 e. The normalized spacial score (nSPS) is 13.8. The van der Waals surface area contributed by atoms with Gasteiger partial charge >= 0.3 is 42.0 Å². The number of hydrogen-bond acceptors (Lipinski definition) is 10. The number of halogens is 9. The predicted octanol–water partition coefficient (Wildman–Crippen LogP) is 10.6. The van der Waals surface area contributed by atoms with Gasteiger partial charge in [0, 0.05) is 5.56 Å². The lowest BCUT2D eigenvalue weighted by atomic mass is 10.00. The summed E-state index contributed by atoms with van der Waals surface area (Å²) in [6, 6.07) is 14.5. The van der Waals surface area contributed by atoms with E-state index in [1.54, 1.807) is 0 Å². The summed E-state index contributed by atoms with van der Waals surface area (Å²) in [7, 11) is -9.56. The zero-order valence-corrected chi connectivity index (χ0v) is 37.0. The third kappa shape index (κ3) is 11.9. The van der Waals surface area contributed by atoms with Gasteiger partial charge in [-0.25, -0.2) is 22.8 Å². The Labute approximate surface area is 365 Å². The highest BCUT2D eigenvalue weighted by Crippen LogP contribution is 2.52. The van der Waals surface area contributed by atoms with Crippen LogP contribution in [0.5, 0.6) is 5.75 Å². The van der Waals surface area contributed by atoms with Gasteiger partial charge in [-0.2, -0.15) is 39.5 Å². The highest BCUT2D eigenvalue weighted by Gasteiger charge is 2.63. The molecule has 1 atom stereocenters. The summed E-state index contributed by atoms with van der Waals surface area (Å²) in [6.45, 7) is 12.9. The minimum Gasteiger partial charge on any atom is -0.744 e. The molecule has 0 bridgehead atoms. The summed E-state index contributed by atoms with van der Waals surface area (Å²) >= 11 is 0. The predicted molar refractivity (Wildman–Crippen MR) is 211 cm³/mol. The molecule has 4 rings (SSSR count). The minimum absolute atomic E-state index is 0.00441. The number of ether oxygens (including phenoxy) is 4. The number of alkyl halides is 9. The van der Waals surface area contributed by atoms with Crippen LogP contribution in [0.4, 0.5) is 39.5 Å². The van der Waals surface area contributed by atoms with Crippen molar-refractivity contribution >= 4 is 38.9 Å². The molecule has 1 unspecified atom stereocenters. The Morgan fingerprint density at radius 3 is 1.34 bits per heavy atom. The smallest absolute Gasteiger partial charge is 0.422 e. The first-order valence-electron chi connectivity index (χ1n) is 18.6. The number of rotatable bonds is 10. The zero-order valence-electron chi connectivity index (χ0n) is 35.4. The van der Waals surface area contributed by atoms with E-state index in [2.05, 4.69) is 0 Å². The largest absolute Gasteiger partial charge is 0.744 e. The molecule has 0 aromatic heterocycles. The molecule has 0 N–H and O–H groups in total. The summed E-state index contributed by atoms with van der Waals surface area (Å²) < 4.78 is 192. The molecule has 0 aliphatic rings. The van der Waals surface area contributed by atoms with Crippen molar-refractivity contribution in [3.8, 4) is 16.9 Å². The van der Waals surface area contributed by atoms with Crippen LogP contribution in [0, 0.1) is 0 Å². The van der Waals surface area contributed by atoms with Crippen LogP contribution in [0.25, 0.3) is 11.1 Å². The molecule has 0 aliphatic heterocycles. The summed E-state index contributed by atoms with van der Waals surface area (Å²) in [5.41, 5.74) is -15.8. The van der Waals surface area contributed by atoms with Crippen molar-refractivity contribution in [1.82, 2.24) is 0 Å². The van der Waals surface area contributed by atoms with E-state index in [1.165, 1.54) is 105 Å². The molecule has 0 radical (unpaired) electrons. The van der Waals surface area contributed by atoms with Crippen LogP contribution >= 0.6 is 0 Å². The summed E-state index contributed by atoms with van der Waals surface area (Å²) in [4.78, 5) is 36.6. The second-order valence-corrected chi connectivity index (χ2v) is 20.2. The lowest BCUT2D eigenvalue weighted by Gasteiger charge is -2.35. The second kappa shape index (κ2) is 17.6. The maximum absolute atomic E-state index is 15.0.